The second kappa shape index (κ2) is 7.52. The largest absolute Gasteiger partial charge is 0.465 e. The molecule has 0 radical (unpaired) electrons. The number of ether oxygens (including phenoxy) is 1. The zero-order valence-electron chi connectivity index (χ0n) is 12.9. The molecule has 23 heavy (non-hydrogen) atoms. The maximum Gasteiger partial charge on any atom is 0.407 e. The number of amides is 1. The third-order valence-electron chi connectivity index (χ3n) is 3.75. The molecule has 8 heteroatoms. The number of rotatable bonds is 4. The molecule has 0 unspecified atom stereocenters. The predicted octanol–water partition coefficient (Wildman–Crippen LogP) is 1.89. The zero-order valence-corrected chi connectivity index (χ0v) is 13.7. The number of anilines is 1. The highest BCUT2D eigenvalue weighted by Gasteiger charge is 2.22. The van der Waals surface area contributed by atoms with E-state index >= 15 is 0 Å². The number of nitrogens with two attached hydrogens (primary N) is 1. The number of carbonyl (C=O) groups is 2. The average molecular weight is 342 g/mol. The Morgan fingerprint density at radius 1 is 1.30 bits per heavy atom. The van der Waals surface area contributed by atoms with Gasteiger partial charge in [-0.15, -0.1) is 0 Å². The van der Waals surface area contributed by atoms with Gasteiger partial charge in [0.25, 0.3) is 0 Å². The van der Waals surface area contributed by atoms with Crippen LogP contribution >= 0.6 is 11.6 Å². The molecule has 2 rings (SSSR count). The third-order valence-corrected chi connectivity index (χ3v) is 4.10. The summed E-state index contributed by atoms with van der Waals surface area (Å²) in [6.07, 6.45) is -0.897. The highest BCUT2D eigenvalue weighted by Crippen LogP contribution is 2.25. The molecule has 1 saturated heterocycles. The van der Waals surface area contributed by atoms with Crippen molar-refractivity contribution in [1.29, 1.82) is 0 Å². The molecule has 0 bridgehead atoms. The Kier molecular flexibility index (Phi) is 5.68. The highest BCUT2D eigenvalue weighted by molar-refractivity contribution is 6.32. The van der Waals surface area contributed by atoms with Gasteiger partial charge in [0.15, 0.2) is 0 Å². The smallest absolute Gasteiger partial charge is 0.407 e. The van der Waals surface area contributed by atoms with E-state index < -0.39 is 12.1 Å². The summed E-state index contributed by atoms with van der Waals surface area (Å²) in [5, 5.41) is 9.39. The number of nitrogen functional groups attached to an aromatic ring is 1. The number of carboxylic acid groups (broad SMARTS) is 1. The lowest BCUT2D eigenvalue weighted by atomic mass is 10.1. The van der Waals surface area contributed by atoms with Gasteiger partial charge in [-0.2, -0.15) is 0 Å². The number of hydrogen-bond acceptors (Lipinski definition) is 5. The van der Waals surface area contributed by atoms with Crippen LogP contribution in [-0.4, -0.2) is 59.8 Å². The average Bonchev–Trinajstić information content (AvgIpc) is 2.51. The van der Waals surface area contributed by atoms with E-state index in [4.69, 9.17) is 27.2 Å². The molecule has 1 aliphatic rings. The molecule has 0 aromatic heterocycles. The molecular formula is C15H20ClN3O4. The fraction of sp³-hybridized carbons (Fsp3) is 0.467. The molecule has 0 saturated carbocycles. The molecule has 7 nitrogen and oxygen atoms in total. The molecule has 1 amide bonds. The van der Waals surface area contributed by atoms with Gasteiger partial charge in [-0.05, 0) is 24.6 Å². The van der Waals surface area contributed by atoms with E-state index in [1.165, 1.54) is 11.0 Å². The SMILES string of the molecule is CCOC(=O)c1cc(Cl)c(CN2CCN(C(=O)O)CC2)cc1N. The minimum atomic E-state index is -0.897. The summed E-state index contributed by atoms with van der Waals surface area (Å²) in [6, 6.07) is 3.20. The van der Waals surface area contributed by atoms with Crippen LogP contribution in [0.15, 0.2) is 12.1 Å². The first kappa shape index (κ1) is 17.4. The standard InChI is InChI=1S/C15H20ClN3O4/c1-2-23-14(20)11-8-12(16)10(7-13(11)17)9-18-3-5-19(6-4-18)15(21)22/h7-8H,2-6,9,17H2,1H3,(H,21,22). The molecule has 1 heterocycles. The first-order valence-corrected chi connectivity index (χ1v) is 7.75. The number of benzene rings is 1. The van der Waals surface area contributed by atoms with Gasteiger partial charge in [0.1, 0.15) is 0 Å². The number of carbonyl (C=O) groups excluding carboxylic acids is 1. The van der Waals surface area contributed by atoms with E-state index in [1.807, 2.05) is 0 Å². The maximum absolute atomic E-state index is 11.8. The Morgan fingerprint density at radius 2 is 1.96 bits per heavy atom. The van der Waals surface area contributed by atoms with Crippen molar-refractivity contribution < 1.29 is 19.4 Å². The number of nitrogens with zero attached hydrogens (tertiary/aromatic N) is 2. The summed E-state index contributed by atoms with van der Waals surface area (Å²) in [5.74, 6) is -0.492. The van der Waals surface area contributed by atoms with Crippen molar-refractivity contribution >= 4 is 29.4 Å². The van der Waals surface area contributed by atoms with E-state index in [0.717, 1.165) is 5.56 Å². The van der Waals surface area contributed by atoms with Crippen LogP contribution in [0.5, 0.6) is 0 Å². The van der Waals surface area contributed by atoms with Crippen molar-refractivity contribution in [3.05, 3.63) is 28.3 Å². The Morgan fingerprint density at radius 3 is 2.52 bits per heavy atom. The summed E-state index contributed by atoms with van der Waals surface area (Å²) in [6.45, 7) is 4.73. The number of esters is 1. The lowest BCUT2D eigenvalue weighted by molar-refractivity contribution is 0.0527. The molecule has 0 aliphatic carbocycles. The highest BCUT2D eigenvalue weighted by atomic mass is 35.5. The van der Waals surface area contributed by atoms with Crippen LogP contribution in [0.2, 0.25) is 5.02 Å². The van der Waals surface area contributed by atoms with Crippen LogP contribution < -0.4 is 5.73 Å². The summed E-state index contributed by atoms with van der Waals surface area (Å²) in [7, 11) is 0. The summed E-state index contributed by atoms with van der Waals surface area (Å²) < 4.78 is 4.94. The topological polar surface area (TPSA) is 96.1 Å². The molecule has 1 fully saturated rings. The van der Waals surface area contributed by atoms with E-state index in [2.05, 4.69) is 4.90 Å². The van der Waals surface area contributed by atoms with Crippen molar-refractivity contribution in [3.63, 3.8) is 0 Å². The molecule has 3 N–H and O–H groups in total. The fourth-order valence-corrected chi connectivity index (χ4v) is 2.71. The van der Waals surface area contributed by atoms with Crippen molar-refractivity contribution in [1.82, 2.24) is 9.80 Å². The quantitative estimate of drug-likeness (QED) is 0.641. The fourth-order valence-electron chi connectivity index (χ4n) is 2.48. The molecule has 1 aromatic carbocycles. The van der Waals surface area contributed by atoms with Crippen LogP contribution in [0, 0.1) is 0 Å². The van der Waals surface area contributed by atoms with Gasteiger partial charge >= 0.3 is 12.1 Å². The predicted molar refractivity (Wildman–Crippen MR) is 86.7 cm³/mol. The van der Waals surface area contributed by atoms with Crippen LogP contribution in [0.25, 0.3) is 0 Å². The van der Waals surface area contributed by atoms with Gasteiger partial charge in [0, 0.05) is 43.4 Å². The Bertz CT molecular complexity index is 601. The maximum atomic E-state index is 11.8. The Hall–Kier alpha value is -1.99. The Balaban J connectivity index is 2.05. The minimum absolute atomic E-state index is 0.260. The van der Waals surface area contributed by atoms with Gasteiger partial charge in [-0.1, -0.05) is 11.6 Å². The lowest BCUT2D eigenvalue weighted by Gasteiger charge is -2.33. The lowest BCUT2D eigenvalue weighted by Crippen LogP contribution is -2.47. The van der Waals surface area contributed by atoms with Crippen molar-refractivity contribution in [2.45, 2.75) is 13.5 Å². The van der Waals surface area contributed by atoms with Gasteiger partial charge < -0.3 is 20.5 Å². The molecule has 1 aliphatic heterocycles. The third kappa shape index (κ3) is 4.27. The second-order valence-electron chi connectivity index (χ2n) is 5.30. The van der Waals surface area contributed by atoms with Gasteiger partial charge in [0.05, 0.1) is 12.2 Å². The van der Waals surface area contributed by atoms with Crippen LogP contribution in [-0.2, 0) is 11.3 Å². The molecule has 0 atom stereocenters. The number of halogens is 1. The van der Waals surface area contributed by atoms with Gasteiger partial charge in [-0.25, -0.2) is 9.59 Å². The first-order chi connectivity index (χ1) is 10.9. The van der Waals surface area contributed by atoms with Crippen LogP contribution in [0.3, 0.4) is 0 Å². The molecule has 126 valence electrons. The summed E-state index contributed by atoms with van der Waals surface area (Å²) >= 11 is 6.25. The van der Waals surface area contributed by atoms with E-state index in [0.29, 0.717) is 43.4 Å². The minimum Gasteiger partial charge on any atom is -0.465 e. The van der Waals surface area contributed by atoms with E-state index in [9.17, 15) is 9.59 Å². The van der Waals surface area contributed by atoms with Crippen molar-refractivity contribution in [3.8, 4) is 0 Å². The second-order valence-corrected chi connectivity index (χ2v) is 5.70. The van der Waals surface area contributed by atoms with Gasteiger partial charge in [-0.3, -0.25) is 4.90 Å². The van der Waals surface area contributed by atoms with Gasteiger partial charge in [0.2, 0.25) is 0 Å². The zero-order chi connectivity index (χ0) is 17.0. The molecule has 0 spiro atoms. The Labute approximate surface area is 139 Å². The van der Waals surface area contributed by atoms with Crippen LogP contribution in [0.4, 0.5) is 10.5 Å². The number of piperazine rings is 1. The molecular weight excluding hydrogens is 322 g/mol. The van der Waals surface area contributed by atoms with E-state index in [-0.39, 0.29) is 12.2 Å². The van der Waals surface area contributed by atoms with E-state index in [1.54, 1.807) is 13.0 Å². The number of hydrogen-bond donors (Lipinski definition) is 2. The van der Waals surface area contributed by atoms with Crippen molar-refractivity contribution in [2.75, 3.05) is 38.5 Å². The monoisotopic (exact) mass is 341 g/mol. The van der Waals surface area contributed by atoms with Crippen LogP contribution in [0.1, 0.15) is 22.8 Å². The first-order valence-electron chi connectivity index (χ1n) is 7.37. The molecule has 1 aromatic rings. The summed E-state index contributed by atoms with van der Waals surface area (Å²) in [5.41, 5.74) is 7.32. The normalized spacial score (nSPS) is 15.5. The summed E-state index contributed by atoms with van der Waals surface area (Å²) in [4.78, 5) is 26.2. The van der Waals surface area contributed by atoms with Crippen molar-refractivity contribution in [2.24, 2.45) is 0 Å².